The third-order valence-electron chi connectivity index (χ3n) is 4.60. The standard InChI is InChI=1S/C21H19ClN4O/c1-14-12-18(20(27)23-13-16-7-2-4-8-17(16)22)25-21(24-14)26-11-10-15-6-3-5-9-19(15)26/h2-9,12H,10-11,13H2,1H3,(H,23,27). The lowest BCUT2D eigenvalue weighted by molar-refractivity contribution is 0.0945. The molecule has 1 aliphatic heterocycles. The molecule has 1 aromatic heterocycles. The summed E-state index contributed by atoms with van der Waals surface area (Å²) < 4.78 is 0. The molecule has 2 aromatic carbocycles. The second-order valence-corrected chi connectivity index (χ2v) is 6.91. The number of rotatable bonds is 4. The van der Waals surface area contributed by atoms with Crippen molar-refractivity contribution in [1.29, 1.82) is 0 Å². The molecule has 0 atom stereocenters. The monoisotopic (exact) mass is 378 g/mol. The van der Waals surface area contributed by atoms with E-state index in [0.29, 0.717) is 23.2 Å². The lowest BCUT2D eigenvalue weighted by Gasteiger charge is -2.18. The van der Waals surface area contributed by atoms with Crippen LogP contribution in [0.2, 0.25) is 5.02 Å². The molecule has 2 heterocycles. The van der Waals surface area contributed by atoms with E-state index in [1.807, 2.05) is 37.3 Å². The molecular formula is C21H19ClN4O. The lowest BCUT2D eigenvalue weighted by atomic mass is 10.2. The Bertz CT molecular complexity index is 1000. The number of anilines is 2. The molecule has 1 amide bonds. The van der Waals surface area contributed by atoms with E-state index in [-0.39, 0.29) is 5.91 Å². The number of aryl methyl sites for hydroxylation is 1. The van der Waals surface area contributed by atoms with Crippen molar-refractivity contribution in [2.75, 3.05) is 11.4 Å². The average Bonchev–Trinajstić information content (AvgIpc) is 3.11. The predicted molar refractivity (Wildman–Crippen MR) is 107 cm³/mol. The summed E-state index contributed by atoms with van der Waals surface area (Å²) in [5.74, 6) is 0.317. The first-order valence-electron chi connectivity index (χ1n) is 8.84. The Morgan fingerprint density at radius 3 is 2.78 bits per heavy atom. The molecule has 1 N–H and O–H groups in total. The molecule has 0 unspecified atom stereocenters. The van der Waals surface area contributed by atoms with Gasteiger partial charge in [-0.25, -0.2) is 9.97 Å². The highest BCUT2D eigenvalue weighted by atomic mass is 35.5. The number of amides is 1. The Hall–Kier alpha value is -2.92. The molecule has 3 aromatic rings. The molecule has 0 saturated carbocycles. The van der Waals surface area contributed by atoms with Crippen molar-refractivity contribution >= 4 is 29.1 Å². The van der Waals surface area contributed by atoms with Crippen molar-refractivity contribution in [1.82, 2.24) is 15.3 Å². The maximum atomic E-state index is 12.6. The number of hydrogen-bond donors (Lipinski definition) is 1. The van der Waals surface area contributed by atoms with Gasteiger partial charge in [0.05, 0.1) is 0 Å². The first kappa shape index (κ1) is 17.5. The number of para-hydroxylation sites is 1. The van der Waals surface area contributed by atoms with Crippen LogP contribution in [0, 0.1) is 6.92 Å². The molecule has 0 fully saturated rings. The van der Waals surface area contributed by atoms with Gasteiger partial charge in [-0.1, -0.05) is 48.0 Å². The lowest BCUT2D eigenvalue weighted by Crippen LogP contribution is -2.26. The third kappa shape index (κ3) is 3.64. The number of aromatic nitrogens is 2. The molecule has 6 heteroatoms. The number of carbonyl (C=O) groups is 1. The number of nitrogens with one attached hydrogen (secondary N) is 1. The molecule has 1 aliphatic rings. The summed E-state index contributed by atoms with van der Waals surface area (Å²) in [5.41, 5.74) is 4.35. The minimum Gasteiger partial charge on any atom is -0.347 e. The van der Waals surface area contributed by atoms with Crippen LogP contribution in [-0.4, -0.2) is 22.4 Å². The molecule has 5 nitrogen and oxygen atoms in total. The molecule has 0 radical (unpaired) electrons. The zero-order valence-electron chi connectivity index (χ0n) is 14.9. The van der Waals surface area contributed by atoms with Gasteiger partial charge in [-0.3, -0.25) is 4.79 Å². The number of benzene rings is 2. The van der Waals surface area contributed by atoms with E-state index in [2.05, 4.69) is 32.3 Å². The Balaban J connectivity index is 1.56. The van der Waals surface area contributed by atoms with Gasteiger partial charge in [0.15, 0.2) is 0 Å². The van der Waals surface area contributed by atoms with Gasteiger partial charge in [-0.2, -0.15) is 0 Å². The maximum absolute atomic E-state index is 12.6. The highest BCUT2D eigenvalue weighted by molar-refractivity contribution is 6.31. The molecule has 0 saturated heterocycles. The molecule has 0 bridgehead atoms. The van der Waals surface area contributed by atoms with Gasteiger partial charge < -0.3 is 10.2 Å². The molecule has 27 heavy (non-hydrogen) atoms. The van der Waals surface area contributed by atoms with Crippen LogP contribution >= 0.6 is 11.6 Å². The zero-order valence-corrected chi connectivity index (χ0v) is 15.7. The SMILES string of the molecule is Cc1cc(C(=O)NCc2ccccc2Cl)nc(N2CCc3ccccc32)n1. The quantitative estimate of drug-likeness (QED) is 0.743. The fourth-order valence-corrected chi connectivity index (χ4v) is 3.45. The second kappa shape index (κ2) is 7.37. The van der Waals surface area contributed by atoms with Gasteiger partial charge in [0.25, 0.3) is 5.91 Å². The fourth-order valence-electron chi connectivity index (χ4n) is 3.24. The average molecular weight is 379 g/mol. The van der Waals surface area contributed by atoms with Crippen molar-refractivity contribution < 1.29 is 4.79 Å². The van der Waals surface area contributed by atoms with Crippen LogP contribution < -0.4 is 10.2 Å². The van der Waals surface area contributed by atoms with Gasteiger partial charge in [0.2, 0.25) is 5.95 Å². The van der Waals surface area contributed by atoms with Crippen LogP contribution in [0.25, 0.3) is 0 Å². The highest BCUT2D eigenvalue weighted by Gasteiger charge is 2.23. The summed E-state index contributed by atoms with van der Waals surface area (Å²) in [6.07, 6.45) is 0.946. The zero-order chi connectivity index (χ0) is 18.8. The molecular weight excluding hydrogens is 360 g/mol. The fraction of sp³-hybridized carbons (Fsp3) is 0.190. The van der Waals surface area contributed by atoms with Crippen molar-refractivity contribution in [3.05, 3.63) is 82.1 Å². The topological polar surface area (TPSA) is 58.1 Å². The Kier molecular flexibility index (Phi) is 4.77. The largest absolute Gasteiger partial charge is 0.347 e. The van der Waals surface area contributed by atoms with Crippen molar-refractivity contribution in [2.45, 2.75) is 19.9 Å². The Labute approximate surface area is 163 Å². The van der Waals surface area contributed by atoms with Crippen LogP contribution in [0.3, 0.4) is 0 Å². The maximum Gasteiger partial charge on any atom is 0.270 e. The summed E-state index contributed by atoms with van der Waals surface area (Å²) >= 11 is 6.15. The van der Waals surface area contributed by atoms with Gasteiger partial charge in [0.1, 0.15) is 5.69 Å². The van der Waals surface area contributed by atoms with Crippen molar-refractivity contribution in [3.8, 4) is 0 Å². The first-order valence-corrected chi connectivity index (χ1v) is 9.22. The summed E-state index contributed by atoms with van der Waals surface area (Å²) in [6.45, 7) is 3.03. The van der Waals surface area contributed by atoms with E-state index in [9.17, 15) is 4.79 Å². The minimum absolute atomic E-state index is 0.242. The van der Waals surface area contributed by atoms with E-state index >= 15 is 0 Å². The summed E-state index contributed by atoms with van der Waals surface area (Å²) in [7, 11) is 0. The predicted octanol–water partition coefficient (Wildman–Crippen LogP) is 4.06. The first-order chi connectivity index (χ1) is 13.1. The van der Waals surface area contributed by atoms with Crippen molar-refractivity contribution in [3.63, 3.8) is 0 Å². The van der Waals surface area contributed by atoms with Gasteiger partial charge in [0, 0.05) is 29.5 Å². The van der Waals surface area contributed by atoms with Crippen LogP contribution in [-0.2, 0) is 13.0 Å². The highest BCUT2D eigenvalue weighted by Crippen LogP contribution is 2.32. The summed E-state index contributed by atoms with van der Waals surface area (Å²) in [6, 6.07) is 17.4. The van der Waals surface area contributed by atoms with E-state index in [0.717, 1.165) is 29.9 Å². The molecule has 136 valence electrons. The van der Waals surface area contributed by atoms with E-state index < -0.39 is 0 Å². The van der Waals surface area contributed by atoms with Crippen LogP contribution in [0.1, 0.15) is 27.3 Å². The van der Waals surface area contributed by atoms with E-state index in [1.165, 1.54) is 5.56 Å². The summed E-state index contributed by atoms with van der Waals surface area (Å²) in [5, 5.41) is 3.52. The van der Waals surface area contributed by atoms with Gasteiger partial charge >= 0.3 is 0 Å². The van der Waals surface area contributed by atoms with Crippen LogP contribution in [0.4, 0.5) is 11.6 Å². The smallest absolute Gasteiger partial charge is 0.270 e. The summed E-state index contributed by atoms with van der Waals surface area (Å²) in [4.78, 5) is 23.8. The molecule has 4 rings (SSSR count). The normalized spacial score (nSPS) is 12.7. The third-order valence-corrected chi connectivity index (χ3v) is 4.97. The van der Waals surface area contributed by atoms with E-state index in [1.54, 1.807) is 12.1 Å². The molecule has 0 aliphatic carbocycles. The molecule has 0 spiro atoms. The van der Waals surface area contributed by atoms with E-state index in [4.69, 9.17) is 11.6 Å². The number of hydrogen-bond acceptors (Lipinski definition) is 4. The number of halogens is 1. The van der Waals surface area contributed by atoms with Crippen molar-refractivity contribution in [2.24, 2.45) is 0 Å². The minimum atomic E-state index is -0.242. The number of fused-ring (bicyclic) bond motifs is 1. The van der Waals surface area contributed by atoms with Gasteiger partial charge in [-0.15, -0.1) is 0 Å². The Morgan fingerprint density at radius 1 is 1.15 bits per heavy atom. The van der Waals surface area contributed by atoms with Crippen LogP contribution in [0.15, 0.2) is 54.6 Å². The number of carbonyl (C=O) groups excluding carboxylic acids is 1. The second-order valence-electron chi connectivity index (χ2n) is 6.50. The Morgan fingerprint density at radius 2 is 1.93 bits per heavy atom. The van der Waals surface area contributed by atoms with Crippen LogP contribution in [0.5, 0.6) is 0 Å². The van der Waals surface area contributed by atoms with Gasteiger partial charge in [-0.05, 0) is 42.7 Å². The number of nitrogens with zero attached hydrogens (tertiary/aromatic N) is 3.